The van der Waals surface area contributed by atoms with Gasteiger partial charge in [-0.25, -0.2) is 18.7 Å². The minimum atomic E-state index is -0.539. The second kappa shape index (κ2) is 7.23. The van der Waals surface area contributed by atoms with Crippen LogP contribution in [0.1, 0.15) is 16.8 Å². The number of ether oxygens (including phenoxy) is 1. The lowest BCUT2D eigenvalue weighted by atomic mass is 10.0. The van der Waals surface area contributed by atoms with Gasteiger partial charge in [0, 0.05) is 47.6 Å². The van der Waals surface area contributed by atoms with E-state index in [1.54, 1.807) is 10.5 Å². The lowest BCUT2D eigenvalue weighted by Crippen LogP contribution is -2.10. The van der Waals surface area contributed by atoms with Gasteiger partial charge in [0.15, 0.2) is 5.65 Å². The number of benzene rings is 1. The van der Waals surface area contributed by atoms with Crippen LogP contribution in [0.5, 0.6) is 5.75 Å². The van der Waals surface area contributed by atoms with Gasteiger partial charge in [-0.15, -0.1) is 10.2 Å². The number of anilines is 1. The molecular formula is C22H14F2N8O. The molecule has 0 amide bonds. The highest BCUT2D eigenvalue weighted by Crippen LogP contribution is 2.32. The zero-order valence-corrected chi connectivity index (χ0v) is 17.0. The molecule has 1 aromatic carbocycles. The summed E-state index contributed by atoms with van der Waals surface area (Å²) in [4.78, 5) is 8.71. The number of aromatic nitrogens is 6. The molecule has 162 valence electrons. The van der Waals surface area contributed by atoms with Gasteiger partial charge in [0.05, 0.1) is 12.8 Å². The van der Waals surface area contributed by atoms with Crippen LogP contribution in [0.2, 0.25) is 0 Å². The highest BCUT2D eigenvalue weighted by Gasteiger charge is 2.21. The van der Waals surface area contributed by atoms with Crippen molar-refractivity contribution in [3.05, 3.63) is 71.6 Å². The Hall–Kier alpha value is -4.59. The number of pyridine rings is 1. The standard InChI is InChI=1S/C22H14F2N8O/c23-12-5-15(20-26-7-13(6-25)31(20)10-12)17-9-28-22(32-11-29-30-21(17)32)27-8-16-14-3-4-33-19(14)2-1-18(16)24/h1-2,5,7,9-11H,3-4,8H2,(H,27,28). The molecule has 33 heavy (non-hydrogen) atoms. The zero-order valence-electron chi connectivity index (χ0n) is 17.0. The van der Waals surface area contributed by atoms with Crippen molar-refractivity contribution in [3.63, 3.8) is 0 Å². The van der Waals surface area contributed by atoms with Crippen molar-refractivity contribution < 1.29 is 13.5 Å². The number of rotatable bonds is 4. The topological polar surface area (TPSA) is 105 Å². The molecule has 0 fully saturated rings. The summed E-state index contributed by atoms with van der Waals surface area (Å²) >= 11 is 0. The average Bonchev–Trinajstić information content (AvgIpc) is 3.56. The Morgan fingerprint density at radius 1 is 1.12 bits per heavy atom. The second-order valence-corrected chi connectivity index (χ2v) is 7.50. The predicted octanol–water partition coefficient (Wildman–Crippen LogP) is 3.14. The molecular weight excluding hydrogens is 430 g/mol. The Morgan fingerprint density at radius 3 is 2.91 bits per heavy atom. The van der Waals surface area contributed by atoms with Crippen LogP contribution in [-0.4, -0.2) is 35.6 Å². The SMILES string of the molecule is N#Cc1cnc2c(-c3cnc(NCc4c(F)ccc5c4CCO5)n4cnnc34)cc(F)cn12. The van der Waals surface area contributed by atoms with Gasteiger partial charge in [-0.1, -0.05) is 0 Å². The molecule has 0 spiro atoms. The van der Waals surface area contributed by atoms with Crippen LogP contribution >= 0.6 is 0 Å². The second-order valence-electron chi connectivity index (χ2n) is 7.50. The van der Waals surface area contributed by atoms with Gasteiger partial charge in [0.25, 0.3) is 0 Å². The van der Waals surface area contributed by atoms with Crippen LogP contribution in [-0.2, 0) is 13.0 Å². The zero-order chi connectivity index (χ0) is 22.5. The Balaban J connectivity index is 1.42. The lowest BCUT2D eigenvalue weighted by Gasteiger charge is -2.13. The van der Waals surface area contributed by atoms with Gasteiger partial charge in [-0.05, 0) is 18.2 Å². The summed E-state index contributed by atoms with van der Waals surface area (Å²) in [6.07, 6.45) is 6.20. The summed E-state index contributed by atoms with van der Waals surface area (Å²) in [5, 5.41) is 20.5. The summed E-state index contributed by atoms with van der Waals surface area (Å²) in [7, 11) is 0. The first-order valence-corrected chi connectivity index (χ1v) is 10.1. The highest BCUT2D eigenvalue weighted by molar-refractivity contribution is 5.86. The summed E-state index contributed by atoms with van der Waals surface area (Å²) in [5.41, 5.74) is 3.26. The molecule has 1 aliphatic heterocycles. The molecule has 6 rings (SSSR count). The molecule has 9 nitrogen and oxygen atoms in total. The van der Waals surface area contributed by atoms with Gasteiger partial charge < -0.3 is 10.1 Å². The summed E-state index contributed by atoms with van der Waals surface area (Å²) in [6.45, 7) is 0.714. The van der Waals surface area contributed by atoms with Gasteiger partial charge >= 0.3 is 0 Å². The van der Waals surface area contributed by atoms with Gasteiger partial charge in [0.2, 0.25) is 5.95 Å². The van der Waals surface area contributed by atoms with E-state index in [1.165, 1.54) is 41.5 Å². The molecule has 5 aromatic rings. The molecule has 0 atom stereocenters. The smallest absolute Gasteiger partial charge is 0.210 e. The van der Waals surface area contributed by atoms with E-state index < -0.39 is 5.82 Å². The van der Waals surface area contributed by atoms with Crippen LogP contribution in [0.3, 0.4) is 0 Å². The molecule has 0 unspecified atom stereocenters. The first-order valence-electron chi connectivity index (χ1n) is 10.1. The Kier molecular flexibility index (Phi) is 4.19. The molecule has 0 bridgehead atoms. The molecule has 0 saturated heterocycles. The minimum Gasteiger partial charge on any atom is -0.493 e. The van der Waals surface area contributed by atoms with Crippen molar-refractivity contribution in [3.8, 4) is 22.9 Å². The van der Waals surface area contributed by atoms with E-state index in [9.17, 15) is 14.0 Å². The maximum Gasteiger partial charge on any atom is 0.210 e. The fourth-order valence-electron chi connectivity index (χ4n) is 4.15. The number of hydrogen-bond acceptors (Lipinski definition) is 7. The largest absolute Gasteiger partial charge is 0.493 e. The number of halogens is 2. The minimum absolute atomic E-state index is 0.188. The molecule has 4 aromatic heterocycles. The maximum atomic E-state index is 14.5. The number of fused-ring (bicyclic) bond motifs is 3. The Morgan fingerprint density at radius 2 is 2.03 bits per heavy atom. The molecule has 0 saturated carbocycles. The van der Waals surface area contributed by atoms with Crippen LogP contribution in [0.25, 0.3) is 22.4 Å². The van der Waals surface area contributed by atoms with Crippen molar-refractivity contribution in [2.45, 2.75) is 13.0 Å². The monoisotopic (exact) mass is 444 g/mol. The van der Waals surface area contributed by atoms with Crippen LogP contribution in [0.4, 0.5) is 14.7 Å². The first kappa shape index (κ1) is 19.1. The third-order valence-corrected chi connectivity index (χ3v) is 5.67. The Bertz CT molecular complexity index is 1600. The molecule has 5 heterocycles. The van der Waals surface area contributed by atoms with E-state index >= 15 is 0 Å². The fourth-order valence-corrected chi connectivity index (χ4v) is 4.15. The van der Waals surface area contributed by atoms with Gasteiger partial charge in [-0.2, -0.15) is 5.26 Å². The van der Waals surface area contributed by atoms with Gasteiger partial charge in [-0.3, -0.25) is 8.80 Å². The molecule has 0 radical (unpaired) electrons. The van der Waals surface area contributed by atoms with E-state index in [1.807, 2.05) is 6.07 Å². The predicted molar refractivity (Wildman–Crippen MR) is 113 cm³/mol. The molecule has 1 N–H and O–H groups in total. The Labute approximate surface area is 184 Å². The highest BCUT2D eigenvalue weighted by atomic mass is 19.1. The lowest BCUT2D eigenvalue weighted by molar-refractivity contribution is 0.356. The number of nitrogens with one attached hydrogen (secondary N) is 1. The van der Waals surface area contributed by atoms with E-state index in [0.717, 1.165) is 5.56 Å². The average molecular weight is 444 g/mol. The van der Waals surface area contributed by atoms with Crippen molar-refractivity contribution >= 4 is 17.2 Å². The quantitative estimate of drug-likeness (QED) is 0.454. The van der Waals surface area contributed by atoms with Crippen LogP contribution in [0.15, 0.2) is 43.1 Å². The van der Waals surface area contributed by atoms with Crippen molar-refractivity contribution in [2.24, 2.45) is 0 Å². The van der Waals surface area contributed by atoms with Crippen molar-refractivity contribution in [2.75, 3.05) is 11.9 Å². The summed E-state index contributed by atoms with van der Waals surface area (Å²) in [5.74, 6) is 0.223. The normalized spacial score (nSPS) is 12.6. The van der Waals surface area contributed by atoms with E-state index in [0.29, 0.717) is 52.7 Å². The third kappa shape index (κ3) is 2.95. The summed E-state index contributed by atoms with van der Waals surface area (Å²) in [6, 6.07) is 6.33. The van der Waals surface area contributed by atoms with Gasteiger partial charge in [0.1, 0.15) is 41.1 Å². The fraction of sp³-hybridized carbons (Fsp3) is 0.136. The number of hydrogen-bond donors (Lipinski definition) is 1. The van der Waals surface area contributed by atoms with E-state index in [2.05, 4.69) is 25.5 Å². The summed E-state index contributed by atoms with van der Waals surface area (Å²) < 4.78 is 37.4. The molecule has 1 aliphatic rings. The van der Waals surface area contributed by atoms with Crippen LogP contribution < -0.4 is 10.1 Å². The van der Waals surface area contributed by atoms with Crippen molar-refractivity contribution in [1.29, 1.82) is 5.26 Å². The number of nitrogens with zero attached hydrogens (tertiary/aromatic N) is 7. The number of imidazole rings is 1. The molecule has 0 aliphatic carbocycles. The van der Waals surface area contributed by atoms with E-state index in [-0.39, 0.29) is 18.1 Å². The van der Waals surface area contributed by atoms with Crippen LogP contribution in [0, 0.1) is 23.0 Å². The van der Waals surface area contributed by atoms with E-state index in [4.69, 9.17) is 4.74 Å². The third-order valence-electron chi connectivity index (χ3n) is 5.67. The number of nitriles is 1. The first-order chi connectivity index (χ1) is 16.1. The van der Waals surface area contributed by atoms with Crippen molar-refractivity contribution in [1.82, 2.24) is 29.0 Å². The molecule has 11 heteroatoms. The maximum absolute atomic E-state index is 14.5.